The van der Waals surface area contributed by atoms with Crippen molar-refractivity contribution in [3.8, 4) is 0 Å². The molecule has 2 unspecified atom stereocenters. The first-order valence-corrected chi connectivity index (χ1v) is 5.92. The van der Waals surface area contributed by atoms with Gasteiger partial charge in [-0.15, -0.1) is 0 Å². The third kappa shape index (κ3) is 3.67. The average molecular weight is 228 g/mol. The van der Waals surface area contributed by atoms with E-state index in [1.807, 2.05) is 14.0 Å². The zero-order chi connectivity index (χ0) is 12.4. The summed E-state index contributed by atoms with van der Waals surface area (Å²) >= 11 is 0. The van der Waals surface area contributed by atoms with Gasteiger partial charge in [-0.1, -0.05) is 13.8 Å². The minimum absolute atomic E-state index is 0.205. The number of amides is 1. The number of rotatable bonds is 3. The minimum atomic E-state index is -0.914. The van der Waals surface area contributed by atoms with E-state index in [9.17, 15) is 4.79 Å². The van der Waals surface area contributed by atoms with Crippen LogP contribution in [-0.2, 0) is 0 Å². The summed E-state index contributed by atoms with van der Waals surface area (Å²) in [6.07, 6.45) is 2.07. The molecule has 0 spiro atoms. The smallest absolute Gasteiger partial charge is 0.405 e. The van der Waals surface area contributed by atoms with E-state index in [-0.39, 0.29) is 11.0 Å². The minimum Gasteiger partial charge on any atom is -0.465 e. The van der Waals surface area contributed by atoms with Crippen LogP contribution in [0.25, 0.3) is 0 Å². The molecule has 1 rings (SSSR count). The summed E-state index contributed by atoms with van der Waals surface area (Å²) in [5.74, 6) is 0.547. The van der Waals surface area contributed by atoms with Crippen molar-refractivity contribution in [2.45, 2.75) is 45.6 Å². The number of hydrogen-bond donors (Lipinski definition) is 3. The third-order valence-corrected chi connectivity index (χ3v) is 3.35. The zero-order valence-corrected chi connectivity index (χ0v) is 10.8. The molecule has 0 saturated heterocycles. The molecule has 0 radical (unpaired) electrons. The first-order valence-electron chi connectivity index (χ1n) is 5.92. The fraction of sp³-hybridized carbons (Fsp3) is 0.917. The highest BCUT2D eigenvalue weighted by molar-refractivity contribution is 5.65. The standard InChI is InChI=1S/C12H24N2O2/c1-11(2)5-9(7-13-4)6-12(3,8-11)14-10(15)16/h9,13-14H,5-8H2,1-4H3,(H,15,16). The highest BCUT2D eigenvalue weighted by Gasteiger charge is 2.41. The molecule has 1 aliphatic carbocycles. The van der Waals surface area contributed by atoms with Crippen molar-refractivity contribution in [2.24, 2.45) is 11.3 Å². The molecule has 4 heteroatoms. The third-order valence-electron chi connectivity index (χ3n) is 3.35. The van der Waals surface area contributed by atoms with Crippen LogP contribution in [0.3, 0.4) is 0 Å². The van der Waals surface area contributed by atoms with Crippen LogP contribution in [0.5, 0.6) is 0 Å². The first-order chi connectivity index (χ1) is 7.26. The highest BCUT2D eigenvalue weighted by atomic mass is 16.4. The Balaban J connectivity index is 2.74. The van der Waals surface area contributed by atoms with Gasteiger partial charge in [0, 0.05) is 5.54 Å². The predicted molar refractivity (Wildman–Crippen MR) is 64.6 cm³/mol. The molecule has 0 aromatic rings. The van der Waals surface area contributed by atoms with E-state index < -0.39 is 6.09 Å². The fourth-order valence-corrected chi connectivity index (χ4v) is 3.48. The molecule has 1 fully saturated rings. The van der Waals surface area contributed by atoms with Gasteiger partial charge >= 0.3 is 6.09 Å². The number of carbonyl (C=O) groups is 1. The number of carboxylic acid groups (broad SMARTS) is 1. The average Bonchev–Trinajstić information content (AvgIpc) is 1.96. The molecule has 94 valence electrons. The van der Waals surface area contributed by atoms with Gasteiger partial charge in [-0.25, -0.2) is 4.79 Å². The molecule has 3 N–H and O–H groups in total. The molecule has 1 amide bonds. The molecule has 0 aliphatic heterocycles. The summed E-state index contributed by atoms with van der Waals surface area (Å²) in [6.45, 7) is 7.41. The Kier molecular flexibility index (Phi) is 3.84. The van der Waals surface area contributed by atoms with E-state index in [2.05, 4.69) is 24.5 Å². The quantitative estimate of drug-likeness (QED) is 0.693. The largest absolute Gasteiger partial charge is 0.465 e. The molecule has 2 atom stereocenters. The second-order valence-electron chi connectivity index (χ2n) is 6.16. The lowest BCUT2D eigenvalue weighted by Crippen LogP contribution is -2.53. The molecule has 0 heterocycles. The van der Waals surface area contributed by atoms with Crippen molar-refractivity contribution in [3.05, 3.63) is 0 Å². The SMILES string of the molecule is CNCC1CC(C)(C)CC(C)(NC(=O)O)C1. The summed E-state index contributed by atoms with van der Waals surface area (Å²) in [6, 6.07) is 0. The van der Waals surface area contributed by atoms with Gasteiger partial charge in [0.25, 0.3) is 0 Å². The van der Waals surface area contributed by atoms with E-state index >= 15 is 0 Å². The summed E-state index contributed by atoms with van der Waals surface area (Å²) in [5, 5.41) is 14.8. The van der Waals surface area contributed by atoms with Gasteiger partial charge < -0.3 is 15.7 Å². The summed E-state index contributed by atoms with van der Waals surface area (Å²) in [5.41, 5.74) is -0.0773. The lowest BCUT2D eigenvalue weighted by atomic mass is 9.64. The topological polar surface area (TPSA) is 61.4 Å². The van der Waals surface area contributed by atoms with E-state index in [4.69, 9.17) is 5.11 Å². The molecule has 16 heavy (non-hydrogen) atoms. The fourth-order valence-electron chi connectivity index (χ4n) is 3.48. The summed E-state index contributed by atoms with van der Waals surface area (Å²) in [7, 11) is 1.95. The van der Waals surface area contributed by atoms with Gasteiger partial charge in [0.1, 0.15) is 0 Å². The summed E-state index contributed by atoms with van der Waals surface area (Å²) < 4.78 is 0. The van der Waals surface area contributed by atoms with Crippen LogP contribution in [0.4, 0.5) is 4.79 Å². The Hall–Kier alpha value is -0.770. The Morgan fingerprint density at radius 1 is 1.38 bits per heavy atom. The van der Waals surface area contributed by atoms with Crippen molar-refractivity contribution >= 4 is 6.09 Å². The van der Waals surface area contributed by atoms with Gasteiger partial charge in [-0.2, -0.15) is 0 Å². The second kappa shape index (κ2) is 4.62. The van der Waals surface area contributed by atoms with Crippen LogP contribution >= 0.6 is 0 Å². The maximum atomic E-state index is 10.8. The Bertz CT molecular complexity index is 266. The van der Waals surface area contributed by atoms with Gasteiger partial charge in [0.2, 0.25) is 0 Å². The first kappa shape index (κ1) is 13.3. The van der Waals surface area contributed by atoms with Crippen molar-refractivity contribution in [1.29, 1.82) is 0 Å². The van der Waals surface area contributed by atoms with Crippen LogP contribution in [0, 0.1) is 11.3 Å². The van der Waals surface area contributed by atoms with Crippen LogP contribution in [-0.4, -0.2) is 30.3 Å². The second-order valence-corrected chi connectivity index (χ2v) is 6.16. The van der Waals surface area contributed by atoms with E-state index in [0.717, 1.165) is 25.8 Å². The Morgan fingerprint density at radius 3 is 2.50 bits per heavy atom. The van der Waals surface area contributed by atoms with Crippen LogP contribution < -0.4 is 10.6 Å². The Labute approximate surface area is 97.8 Å². The summed E-state index contributed by atoms with van der Waals surface area (Å²) in [4.78, 5) is 10.8. The van der Waals surface area contributed by atoms with Crippen molar-refractivity contribution in [3.63, 3.8) is 0 Å². The monoisotopic (exact) mass is 228 g/mol. The molecular weight excluding hydrogens is 204 g/mol. The Morgan fingerprint density at radius 2 is 2.00 bits per heavy atom. The van der Waals surface area contributed by atoms with Crippen molar-refractivity contribution in [1.82, 2.24) is 10.6 Å². The molecule has 4 nitrogen and oxygen atoms in total. The lowest BCUT2D eigenvalue weighted by molar-refractivity contribution is 0.0832. The van der Waals surface area contributed by atoms with Gasteiger partial charge in [-0.3, -0.25) is 0 Å². The van der Waals surface area contributed by atoms with E-state index in [1.54, 1.807) is 0 Å². The number of hydrogen-bond acceptors (Lipinski definition) is 2. The molecular formula is C12H24N2O2. The van der Waals surface area contributed by atoms with E-state index in [1.165, 1.54) is 0 Å². The normalized spacial score (nSPS) is 33.4. The van der Waals surface area contributed by atoms with Gasteiger partial charge in [0.15, 0.2) is 0 Å². The lowest BCUT2D eigenvalue weighted by Gasteiger charge is -2.46. The predicted octanol–water partition coefficient (Wildman–Crippen LogP) is 2.06. The van der Waals surface area contributed by atoms with Crippen LogP contribution in [0.2, 0.25) is 0 Å². The molecule has 1 saturated carbocycles. The maximum absolute atomic E-state index is 10.8. The molecule has 1 aliphatic rings. The maximum Gasteiger partial charge on any atom is 0.405 e. The van der Waals surface area contributed by atoms with Gasteiger partial charge in [0.05, 0.1) is 0 Å². The van der Waals surface area contributed by atoms with Crippen molar-refractivity contribution in [2.75, 3.05) is 13.6 Å². The molecule has 0 bridgehead atoms. The zero-order valence-electron chi connectivity index (χ0n) is 10.8. The van der Waals surface area contributed by atoms with E-state index in [0.29, 0.717) is 5.92 Å². The van der Waals surface area contributed by atoms with Crippen molar-refractivity contribution < 1.29 is 9.90 Å². The van der Waals surface area contributed by atoms with Crippen LogP contribution in [0.15, 0.2) is 0 Å². The van der Waals surface area contributed by atoms with Gasteiger partial charge in [-0.05, 0) is 51.1 Å². The van der Waals surface area contributed by atoms with Crippen LogP contribution in [0.1, 0.15) is 40.0 Å². The molecule has 0 aromatic heterocycles. The number of nitrogens with one attached hydrogen (secondary N) is 2. The molecule has 0 aromatic carbocycles. The highest BCUT2D eigenvalue weighted by Crippen LogP contribution is 2.43.